The molecule has 3 rings (SSSR count). The lowest BCUT2D eigenvalue weighted by Crippen LogP contribution is -2.59. The second kappa shape index (κ2) is 17.8. The molecule has 0 spiro atoms. The van der Waals surface area contributed by atoms with E-state index < -0.39 is 0 Å². The van der Waals surface area contributed by atoms with Crippen LogP contribution in [0.3, 0.4) is 0 Å². The minimum atomic E-state index is -0.354. The number of para-hydroxylation sites is 2. The molecule has 254 valence electrons. The van der Waals surface area contributed by atoms with Crippen molar-refractivity contribution in [2.45, 2.75) is 86.6 Å². The Morgan fingerprint density at radius 1 is 0.543 bits per heavy atom. The minimum absolute atomic E-state index is 0.354. The molecule has 3 aromatic rings. The molecule has 0 aliphatic rings. The minimum Gasteiger partial charge on any atom is -0.491 e. The van der Waals surface area contributed by atoms with Gasteiger partial charge in [0.2, 0.25) is 0 Å². The van der Waals surface area contributed by atoms with Crippen molar-refractivity contribution in [3.63, 3.8) is 0 Å². The molecule has 0 unspecified atom stereocenters. The van der Waals surface area contributed by atoms with Crippen LogP contribution in [-0.4, -0.2) is 45.2 Å². The van der Waals surface area contributed by atoms with Crippen molar-refractivity contribution in [2.75, 3.05) is 40.5 Å². The second-order valence-electron chi connectivity index (χ2n) is 14.9. The van der Waals surface area contributed by atoms with Crippen molar-refractivity contribution >= 4 is 0 Å². The summed E-state index contributed by atoms with van der Waals surface area (Å²) in [5.74, 6) is 4.67. The van der Waals surface area contributed by atoms with Crippen molar-refractivity contribution in [2.24, 2.45) is 23.7 Å². The summed E-state index contributed by atoms with van der Waals surface area (Å²) in [5, 5.41) is 0. The van der Waals surface area contributed by atoms with Gasteiger partial charge in [0.15, 0.2) is 5.54 Å². The van der Waals surface area contributed by atoms with Crippen molar-refractivity contribution in [1.29, 1.82) is 0 Å². The fourth-order valence-electron chi connectivity index (χ4n) is 6.73. The molecule has 3 aromatic carbocycles. The first-order chi connectivity index (χ1) is 21.8. The fraction of sp³-hybridized carbons (Fsp3) is 0.561. The summed E-state index contributed by atoms with van der Waals surface area (Å²) in [6, 6.07) is 24.7. The summed E-state index contributed by atoms with van der Waals surface area (Å²) >= 11 is 0. The summed E-state index contributed by atoms with van der Waals surface area (Å²) in [6.07, 6.45) is 3.90. The van der Waals surface area contributed by atoms with Crippen molar-refractivity contribution in [1.82, 2.24) is 0 Å². The van der Waals surface area contributed by atoms with Gasteiger partial charge < -0.3 is 14.2 Å². The molecule has 0 aliphatic carbocycles. The lowest BCUT2D eigenvalue weighted by atomic mass is 9.73. The van der Waals surface area contributed by atoms with E-state index in [1.54, 1.807) is 0 Å². The zero-order chi connectivity index (χ0) is 33.7. The van der Waals surface area contributed by atoms with Crippen LogP contribution in [0.15, 0.2) is 72.8 Å². The highest BCUT2D eigenvalue weighted by Gasteiger charge is 2.52. The van der Waals surface area contributed by atoms with Crippen molar-refractivity contribution in [3.05, 3.63) is 89.5 Å². The van der Waals surface area contributed by atoms with E-state index in [1.807, 2.05) is 60.7 Å². The van der Waals surface area contributed by atoms with E-state index in [-0.39, 0.29) is 5.54 Å². The normalized spacial score (nSPS) is 12.4. The highest BCUT2D eigenvalue weighted by molar-refractivity contribution is 5.50. The Labute approximate surface area is 280 Å². The van der Waals surface area contributed by atoms with Crippen LogP contribution in [0.4, 0.5) is 0 Å². The maximum absolute atomic E-state index is 6.95. The zero-order valence-electron chi connectivity index (χ0n) is 30.5. The van der Waals surface area contributed by atoms with Gasteiger partial charge in [-0.1, -0.05) is 97.9 Å². The maximum Gasteiger partial charge on any atom is 0.158 e. The van der Waals surface area contributed by atoms with E-state index in [1.165, 1.54) is 16.7 Å². The Morgan fingerprint density at radius 3 is 1.50 bits per heavy atom. The number of hydrogen-bond acceptors (Lipinski definition) is 4. The van der Waals surface area contributed by atoms with Gasteiger partial charge in [0.05, 0.1) is 19.7 Å². The van der Waals surface area contributed by atoms with Crippen LogP contribution in [0.25, 0.3) is 0 Å². The highest BCUT2D eigenvalue weighted by Crippen LogP contribution is 2.49. The van der Waals surface area contributed by atoms with Gasteiger partial charge in [0.1, 0.15) is 43.7 Å². The number of ether oxygens (including phenoxy) is 3. The molecule has 0 saturated heterocycles. The number of hydroxylamine groups is 3. The predicted molar refractivity (Wildman–Crippen MR) is 192 cm³/mol. The molecular weight excluding hydrogens is 570 g/mol. The quantitative estimate of drug-likeness (QED) is 0.0706. The van der Waals surface area contributed by atoms with Crippen LogP contribution < -0.4 is 14.2 Å². The van der Waals surface area contributed by atoms with E-state index in [9.17, 15) is 0 Å². The van der Waals surface area contributed by atoms with Crippen LogP contribution in [0.1, 0.15) is 84.9 Å². The molecule has 0 atom stereocenters. The summed E-state index contributed by atoms with van der Waals surface area (Å²) in [5.41, 5.74) is 3.61. The maximum atomic E-state index is 6.95. The van der Waals surface area contributed by atoms with Gasteiger partial charge in [-0.3, -0.25) is 0 Å². The third kappa shape index (κ3) is 10.8. The molecule has 0 amide bonds. The Hall–Kier alpha value is -3.02. The summed E-state index contributed by atoms with van der Waals surface area (Å²) < 4.78 is 19.5. The van der Waals surface area contributed by atoms with Crippen LogP contribution in [0, 0.1) is 23.7 Å². The molecule has 0 N–H and O–H groups in total. The van der Waals surface area contributed by atoms with E-state index in [2.05, 4.69) is 81.6 Å². The van der Waals surface area contributed by atoms with Gasteiger partial charge in [0, 0.05) is 12.8 Å². The van der Waals surface area contributed by atoms with E-state index in [4.69, 9.17) is 19.0 Å². The molecule has 0 saturated carbocycles. The number of nitrogens with zero attached hydrogens (tertiary/aromatic N) is 1. The first-order valence-electron chi connectivity index (χ1n) is 17.5. The molecule has 0 radical (unpaired) electrons. The molecule has 5 nitrogen and oxygen atoms in total. The Morgan fingerprint density at radius 2 is 1.02 bits per heavy atom. The standard InChI is InChI=1S/C41H62NO4/c1-31(2)27-35-21-22-39(40(38(35)28-32(3)4)45-24-23-43-36-17-13-11-14-18-36)41(29-33(5)6,30-34(7)8)42(9,10)46-26-25-44-37-19-15-12-16-20-37/h11-22,31-34H,23-30H2,1-10H3/q+1. The number of hydrogen-bond donors (Lipinski definition) is 0. The lowest BCUT2D eigenvalue weighted by Gasteiger charge is -2.49. The Kier molecular flexibility index (Phi) is 14.5. The summed E-state index contributed by atoms with van der Waals surface area (Å²) in [7, 11) is 4.44. The van der Waals surface area contributed by atoms with E-state index >= 15 is 0 Å². The fourth-order valence-corrected chi connectivity index (χ4v) is 6.73. The molecule has 0 heterocycles. The van der Waals surface area contributed by atoms with Crippen LogP contribution in [0.5, 0.6) is 17.2 Å². The first-order valence-corrected chi connectivity index (χ1v) is 17.5. The van der Waals surface area contributed by atoms with Gasteiger partial charge in [-0.15, -0.1) is 0 Å². The zero-order valence-corrected chi connectivity index (χ0v) is 30.5. The molecular formula is C41H62NO4+. The SMILES string of the molecule is CC(C)Cc1ccc(C(CC(C)C)(CC(C)C)[N+](C)(C)OCCOc2ccccc2)c(OCCOc2ccccc2)c1CC(C)C. The van der Waals surface area contributed by atoms with Gasteiger partial charge in [-0.2, -0.15) is 9.48 Å². The summed E-state index contributed by atoms with van der Waals surface area (Å²) in [4.78, 5) is 6.86. The smallest absolute Gasteiger partial charge is 0.158 e. The van der Waals surface area contributed by atoms with Crippen LogP contribution in [0.2, 0.25) is 0 Å². The Bertz CT molecular complexity index is 1270. The lowest BCUT2D eigenvalue weighted by molar-refractivity contribution is -1.12. The molecule has 0 aromatic heterocycles. The summed E-state index contributed by atoms with van der Waals surface area (Å²) in [6.45, 7) is 20.4. The highest BCUT2D eigenvalue weighted by atomic mass is 16.7. The molecule has 46 heavy (non-hydrogen) atoms. The molecule has 0 fully saturated rings. The predicted octanol–water partition coefficient (Wildman–Crippen LogP) is 9.92. The third-order valence-corrected chi connectivity index (χ3v) is 8.47. The molecule has 0 bridgehead atoms. The van der Waals surface area contributed by atoms with Gasteiger partial charge in [0.25, 0.3) is 0 Å². The largest absolute Gasteiger partial charge is 0.491 e. The molecule has 5 heteroatoms. The second-order valence-corrected chi connectivity index (χ2v) is 14.9. The van der Waals surface area contributed by atoms with Gasteiger partial charge >= 0.3 is 0 Å². The van der Waals surface area contributed by atoms with Crippen molar-refractivity contribution in [3.8, 4) is 17.2 Å². The topological polar surface area (TPSA) is 36.9 Å². The van der Waals surface area contributed by atoms with E-state index in [0.717, 1.165) is 42.9 Å². The Balaban J connectivity index is 2.10. The van der Waals surface area contributed by atoms with Crippen LogP contribution >= 0.6 is 0 Å². The average molecular weight is 633 g/mol. The number of benzene rings is 3. The number of quaternary nitrogens is 1. The first kappa shape index (κ1) is 37.4. The average Bonchev–Trinajstić information content (AvgIpc) is 2.98. The molecule has 0 aliphatic heterocycles. The monoisotopic (exact) mass is 632 g/mol. The van der Waals surface area contributed by atoms with Crippen LogP contribution in [-0.2, 0) is 23.2 Å². The third-order valence-electron chi connectivity index (χ3n) is 8.47. The van der Waals surface area contributed by atoms with E-state index in [0.29, 0.717) is 54.7 Å². The van der Waals surface area contributed by atoms with Crippen molar-refractivity contribution < 1.29 is 23.7 Å². The van der Waals surface area contributed by atoms with Gasteiger partial charge in [-0.05, 0) is 78.0 Å². The number of rotatable bonds is 20. The van der Waals surface area contributed by atoms with Gasteiger partial charge in [-0.25, -0.2) is 0 Å².